The maximum atomic E-state index is 10.5. The number of nitrogens with one attached hydrogen (secondary N) is 1. The highest BCUT2D eigenvalue weighted by Crippen LogP contribution is 2.24. The SMILES string of the molecule is COc1c(C)cc(CCNC(N)=O)cc1C. The number of carbonyl (C=O) groups is 1. The van der Waals surface area contributed by atoms with Gasteiger partial charge in [0, 0.05) is 6.54 Å². The summed E-state index contributed by atoms with van der Waals surface area (Å²) >= 11 is 0. The van der Waals surface area contributed by atoms with Crippen LogP contribution in [0.5, 0.6) is 5.75 Å². The second kappa shape index (κ2) is 5.39. The Morgan fingerprint density at radius 3 is 2.38 bits per heavy atom. The summed E-state index contributed by atoms with van der Waals surface area (Å²) in [7, 11) is 1.67. The minimum absolute atomic E-state index is 0.484. The zero-order valence-corrected chi connectivity index (χ0v) is 9.96. The molecule has 0 radical (unpaired) electrons. The van der Waals surface area contributed by atoms with E-state index >= 15 is 0 Å². The third kappa shape index (κ3) is 3.15. The Bertz CT molecular complexity index is 366. The average Bonchev–Trinajstić information content (AvgIpc) is 2.16. The fraction of sp³-hybridized carbons (Fsp3) is 0.417. The number of ether oxygens (including phenoxy) is 1. The van der Waals surface area contributed by atoms with Crippen LogP contribution in [0.25, 0.3) is 0 Å². The molecule has 0 aliphatic rings. The maximum Gasteiger partial charge on any atom is 0.312 e. The van der Waals surface area contributed by atoms with Crippen LogP contribution in [-0.4, -0.2) is 19.7 Å². The number of hydrogen-bond acceptors (Lipinski definition) is 2. The number of benzene rings is 1. The molecule has 16 heavy (non-hydrogen) atoms. The quantitative estimate of drug-likeness (QED) is 0.811. The van der Waals surface area contributed by atoms with Gasteiger partial charge in [0.05, 0.1) is 7.11 Å². The summed E-state index contributed by atoms with van der Waals surface area (Å²) in [6.07, 6.45) is 0.772. The molecule has 0 unspecified atom stereocenters. The Kier molecular flexibility index (Phi) is 4.17. The van der Waals surface area contributed by atoms with Crippen LogP contribution in [0.15, 0.2) is 12.1 Å². The molecule has 88 valence electrons. The summed E-state index contributed by atoms with van der Waals surface area (Å²) in [4.78, 5) is 10.5. The van der Waals surface area contributed by atoms with Gasteiger partial charge < -0.3 is 15.8 Å². The van der Waals surface area contributed by atoms with Crippen molar-refractivity contribution in [3.05, 3.63) is 28.8 Å². The van der Waals surface area contributed by atoms with Gasteiger partial charge in [0.2, 0.25) is 0 Å². The first-order chi connectivity index (χ1) is 7.54. The van der Waals surface area contributed by atoms with E-state index in [4.69, 9.17) is 10.5 Å². The van der Waals surface area contributed by atoms with Gasteiger partial charge in [0.15, 0.2) is 0 Å². The standard InChI is InChI=1S/C12H18N2O2/c1-8-6-10(4-5-14-12(13)15)7-9(2)11(8)16-3/h6-7H,4-5H2,1-3H3,(H3,13,14,15). The lowest BCUT2D eigenvalue weighted by Gasteiger charge is -2.11. The van der Waals surface area contributed by atoms with E-state index in [9.17, 15) is 4.79 Å². The van der Waals surface area contributed by atoms with Crippen molar-refractivity contribution in [1.29, 1.82) is 0 Å². The van der Waals surface area contributed by atoms with Gasteiger partial charge in [-0.05, 0) is 37.0 Å². The van der Waals surface area contributed by atoms with E-state index in [1.165, 1.54) is 5.56 Å². The van der Waals surface area contributed by atoms with Gasteiger partial charge in [-0.15, -0.1) is 0 Å². The molecule has 4 nitrogen and oxygen atoms in total. The Labute approximate surface area is 95.8 Å². The largest absolute Gasteiger partial charge is 0.496 e. The molecule has 0 atom stereocenters. The molecule has 0 saturated heterocycles. The first kappa shape index (κ1) is 12.4. The lowest BCUT2D eigenvalue weighted by molar-refractivity contribution is 0.249. The minimum atomic E-state index is -0.484. The number of rotatable bonds is 4. The molecule has 0 saturated carbocycles. The van der Waals surface area contributed by atoms with Crippen molar-refractivity contribution >= 4 is 6.03 Å². The molecule has 1 aromatic carbocycles. The summed E-state index contributed by atoms with van der Waals surface area (Å²) in [5, 5.41) is 2.57. The van der Waals surface area contributed by atoms with Crippen molar-refractivity contribution in [2.24, 2.45) is 5.73 Å². The van der Waals surface area contributed by atoms with Crippen LogP contribution in [0.1, 0.15) is 16.7 Å². The second-order valence-electron chi connectivity index (χ2n) is 3.80. The van der Waals surface area contributed by atoms with Crippen LogP contribution < -0.4 is 15.8 Å². The Balaban J connectivity index is 2.72. The second-order valence-corrected chi connectivity index (χ2v) is 3.80. The number of methoxy groups -OCH3 is 1. The van der Waals surface area contributed by atoms with Gasteiger partial charge in [0.1, 0.15) is 5.75 Å². The molecule has 2 amide bonds. The monoisotopic (exact) mass is 222 g/mol. The minimum Gasteiger partial charge on any atom is -0.496 e. The number of amides is 2. The lowest BCUT2D eigenvalue weighted by Crippen LogP contribution is -2.30. The van der Waals surface area contributed by atoms with E-state index in [0.29, 0.717) is 6.54 Å². The third-order valence-electron chi connectivity index (χ3n) is 2.44. The van der Waals surface area contributed by atoms with Crippen LogP contribution in [0, 0.1) is 13.8 Å². The van der Waals surface area contributed by atoms with Crippen molar-refractivity contribution < 1.29 is 9.53 Å². The van der Waals surface area contributed by atoms with Gasteiger partial charge in [-0.2, -0.15) is 0 Å². The molecule has 1 rings (SSSR count). The van der Waals surface area contributed by atoms with Crippen LogP contribution in [0.2, 0.25) is 0 Å². The zero-order valence-electron chi connectivity index (χ0n) is 9.96. The van der Waals surface area contributed by atoms with Crippen molar-refractivity contribution in [2.45, 2.75) is 20.3 Å². The van der Waals surface area contributed by atoms with Crippen molar-refractivity contribution in [1.82, 2.24) is 5.32 Å². The van der Waals surface area contributed by atoms with E-state index in [1.807, 2.05) is 13.8 Å². The van der Waals surface area contributed by atoms with E-state index < -0.39 is 6.03 Å². The van der Waals surface area contributed by atoms with E-state index in [0.717, 1.165) is 23.3 Å². The predicted octanol–water partition coefficient (Wildman–Crippen LogP) is 1.52. The zero-order chi connectivity index (χ0) is 12.1. The summed E-state index contributed by atoms with van der Waals surface area (Å²) in [6.45, 7) is 4.58. The molecular weight excluding hydrogens is 204 g/mol. The molecule has 3 N–H and O–H groups in total. The Morgan fingerprint density at radius 2 is 1.94 bits per heavy atom. The van der Waals surface area contributed by atoms with E-state index in [1.54, 1.807) is 7.11 Å². The number of primary amides is 1. The van der Waals surface area contributed by atoms with Crippen LogP contribution in [-0.2, 0) is 6.42 Å². The summed E-state index contributed by atoms with van der Waals surface area (Å²) in [5.74, 6) is 0.923. The lowest BCUT2D eigenvalue weighted by atomic mass is 10.0. The molecule has 0 bridgehead atoms. The third-order valence-corrected chi connectivity index (χ3v) is 2.44. The first-order valence-electron chi connectivity index (χ1n) is 5.22. The molecule has 0 fully saturated rings. The van der Waals surface area contributed by atoms with Crippen molar-refractivity contribution in [2.75, 3.05) is 13.7 Å². The van der Waals surface area contributed by atoms with Gasteiger partial charge in [-0.3, -0.25) is 0 Å². The fourth-order valence-corrected chi connectivity index (χ4v) is 1.84. The molecule has 0 heterocycles. The fourth-order valence-electron chi connectivity index (χ4n) is 1.84. The number of carbonyl (C=O) groups excluding carboxylic acids is 1. The molecule has 0 aliphatic carbocycles. The number of urea groups is 1. The average molecular weight is 222 g/mol. The topological polar surface area (TPSA) is 64.3 Å². The first-order valence-corrected chi connectivity index (χ1v) is 5.22. The summed E-state index contributed by atoms with van der Waals surface area (Å²) < 4.78 is 5.28. The highest BCUT2D eigenvalue weighted by molar-refractivity contribution is 5.71. The normalized spacial score (nSPS) is 9.94. The molecule has 1 aromatic rings. The Hall–Kier alpha value is -1.71. The van der Waals surface area contributed by atoms with E-state index in [2.05, 4.69) is 17.4 Å². The van der Waals surface area contributed by atoms with Gasteiger partial charge in [-0.1, -0.05) is 12.1 Å². The smallest absolute Gasteiger partial charge is 0.312 e. The molecule has 0 aliphatic heterocycles. The van der Waals surface area contributed by atoms with Crippen LogP contribution >= 0.6 is 0 Å². The molecule has 0 spiro atoms. The van der Waals surface area contributed by atoms with Crippen molar-refractivity contribution in [3.8, 4) is 5.75 Å². The van der Waals surface area contributed by atoms with E-state index in [-0.39, 0.29) is 0 Å². The number of aryl methyl sites for hydroxylation is 2. The highest BCUT2D eigenvalue weighted by Gasteiger charge is 2.05. The number of nitrogens with two attached hydrogens (primary N) is 1. The molecule has 0 aromatic heterocycles. The van der Waals surface area contributed by atoms with Crippen LogP contribution in [0.4, 0.5) is 4.79 Å². The molecular formula is C12H18N2O2. The summed E-state index contributed by atoms with van der Waals surface area (Å²) in [6, 6.07) is 3.64. The predicted molar refractivity (Wildman–Crippen MR) is 63.8 cm³/mol. The molecule has 4 heteroatoms. The van der Waals surface area contributed by atoms with Gasteiger partial charge in [-0.25, -0.2) is 4.79 Å². The maximum absolute atomic E-state index is 10.5. The Morgan fingerprint density at radius 1 is 1.38 bits per heavy atom. The number of hydrogen-bond donors (Lipinski definition) is 2. The van der Waals surface area contributed by atoms with Crippen LogP contribution in [0.3, 0.4) is 0 Å². The van der Waals surface area contributed by atoms with Crippen molar-refractivity contribution in [3.63, 3.8) is 0 Å². The van der Waals surface area contributed by atoms with Gasteiger partial charge >= 0.3 is 6.03 Å². The summed E-state index contributed by atoms with van der Waals surface area (Å²) in [5.41, 5.74) is 8.38. The van der Waals surface area contributed by atoms with Gasteiger partial charge in [0.25, 0.3) is 0 Å². The highest BCUT2D eigenvalue weighted by atomic mass is 16.5.